The predicted molar refractivity (Wildman–Crippen MR) is 75.4 cm³/mol. The first kappa shape index (κ1) is 12.4. The molecule has 1 unspecified atom stereocenters. The van der Waals surface area contributed by atoms with E-state index in [9.17, 15) is 0 Å². The van der Waals surface area contributed by atoms with Gasteiger partial charge in [0.1, 0.15) is 0 Å². The Morgan fingerprint density at radius 1 is 1.32 bits per heavy atom. The second kappa shape index (κ2) is 5.53. The molecule has 1 atom stereocenters. The number of nitrogens with zero attached hydrogens (tertiary/aromatic N) is 3. The number of aromatic nitrogens is 3. The predicted octanol–water partition coefficient (Wildman–Crippen LogP) is 2.12. The van der Waals surface area contributed by atoms with Gasteiger partial charge in [0.15, 0.2) is 0 Å². The van der Waals surface area contributed by atoms with E-state index >= 15 is 0 Å². The first-order chi connectivity index (χ1) is 9.31. The first-order valence-electron chi connectivity index (χ1n) is 7.00. The van der Waals surface area contributed by atoms with Gasteiger partial charge in [0, 0.05) is 0 Å². The summed E-state index contributed by atoms with van der Waals surface area (Å²) in [5.74, 6) is 0.782. The molecule has 3 rings (SSSR count). The van der Waals surface area contributed by atoms with Gasteiger partial charge in [-0.2, -0.15) is 15.0 Å². The number of aryl methyl sites for hydroxylation is 1. The number of rotatable bonds is 3. The van der Waals surface area contributed by atoms with Crippen molar-refractivity contribution in [3.05, 3.63) is 41.7 Å². The third kappa shape index (κ3) is 3.01. The normalized spacial score (nSPS) is 19.5. The molecule has 0 spiro atoms. The maximum Gasteiger partial charge on any atom is 0.0856 e. The molecule has 0 amide bonds. The minimum absolute atomic E-state index is 0.782. The van der Waals surface area contributed by atoms with Gasteiger partial charge in [0.05, 0.1) is 17.6 Å². The molecule has 2 heterocycles. The third-order valence-electron chi connectivity index (χ3n) is 3.70. The average molecular weight is 256 g/mol. The number of nitrogens with one attached hydrogen (secondary N) is 1. The minimum Gasteiger partial charge on any atom is -0.316 e. The summed E-state index contributed by atoms with van der Waals surface area (Å²) in [6.45, 7) is 4.29. The zero-order valence-electron chi connectivity index (χ0n) is 11.3. The van der Waals surface area contributed by atoms with Crippen LogP contribution >= 0.6 is 0 Å². The van der Waals surface area contributed by atoms with E-state index in [2.05, 4.69) is 39.8 Å². The largest absolute Gasteiger partial charge is 0.316 e. The molecular weight excluding hydrogens is 236 g/mol. The third-order valence-corrected chi connectivity index (χ3v) is 3.70. The molecule has 1 aromatic carbocycles. The first-order valence-corrected chi connectivity index (χ1v) is 7.00. The van der Waals surface area contributed by atoms with E-state index in [0.29, 0.717) is 0 Å². The number of benzene rings is 1. The summed E-state index contributed by atoms with van der Waals surface area (Å²) in [4.78, 5) is 1.68. The van der Waals surface area contributed by atoms with Crippen molar-refractivity contribution in [2.45, 2.75) is 26.2 Å². The molecule has 0 radical (unpaired) electrons. The van der Waals surface area contributed by atoms with Crippen molar-refractivity contribution in [1.82, 2.24) is 20.3 Å². The second-order valence-electron chi connectivity index (χ2n) is 5.36. The molecule has 0 aliphatic carbocycles. The Morgan fingerprint density at radius 3 is 2.79 bits per heavy atom. The van der Waals surface area contributed by atoms with Gasteiger partial charge in [0.2, 0.25) is 0 Å². The van der Waals surface area contributed by atoms with E-state index in [4.69, 9.17) is 0 Å². The van der Waals surface area contributed by atoms with Crippen molar-refractivity contribution in [1.29, 1.82) is 0 Å². The summed E-state index contributed by atoms with van der Waals surface area (Å²) >= 11 is 0. The van der Waals surface area contributed by atoms with E-state index in [0.717, 1.165) is 23.8 Å². The van der Waals surface area contributed by atoms with E-state index in [1.165, 1.54) is 31.4 Å². The Balaban J connectivity index is 1.68. The van der Waals surface area contributed by atoms with Gasteiger partial charge in [-0.15, -0.1) is 0 Å². The van der Waals surface area contributed by atoms with Crippen LogP contribution in [0.5, 0.6) is 0 Å². The molecular formula is C15H20N4. The summed E-state index contributed by atoms with van der Waals surface area (Å²) in [5.41, 5.74) is 3.37. The fourth-order valence-corrected chi connectivity index (χ4v) is 2.66. The molecule has 1 aliphatic heterocycles. The average Bonchev–Trinajstić information content (AvgIpc) is 2.87. The van der Waals surface area contributed by atoms with Crippen LogP contribution in [0.15, 0.2) is 30.5 Å². The fraction of sp³-hybridized carbons (Fsp3) is 0.467. The van der Waals surface area contributed by atoms with Crippen LogP contribution in [0.4, 0.5) is 0 Å². The molecule has 4 nitrogen and oxygen atoms in total. The zero-order chi connectivity index (χ0) is 13.1. The van der Waals surface area contributed by atoms with Gasteiger partial charge in [-0.1, -0.05) is 12.1 Å². The lowest BCUT2D eigenvalue weighted by molar-refractivity contribution is 0.376. The Labute approximate surface area is 113 Å². The molecule has 1 fully saturated rings. The van der Waals surface area contributed by atoms with Crippen molar-refractivity contribution < 1.29 is 0 Å². The maximum atomic E-state index is 4.32. The lowest BCUT2D eigenvalue weighted by Crippen LogP contribution is -2.30. The van der Waals surface area contributed by atoms with Gasteiger partial charge in [-0.3, -0.25) is 0 Å². The second-order valence-corrected chi connectivity index (χ2v) is 5.36. The van der Waals surface area contributed by atoms with E-state index in [-0.39, 0.29) is 0 Å². The smallest absolute Gasteiger partial charge is 0.0856 e. The molecule has 19 heavy (non-hydrogen) atoms. The Bertz CT molecular complexity index is 523. The van der Waals surface area contributed by atoms with Gasteiger partial charge in [-0.25, -0.2) is 0 Å². The highest BCUT2D eigenvalue weighted by Gasteiger charge is 2.13. The van der Waals surface area contributed by atoms with Gasteiger partial charge in [-0.05, 0) is 62.9 Å². The SMILES string of the molecule is Cc1cnn(-c2ccc(CC3CCCNC3)cc2)n1. The summed E-state index contributed by atoms with van der Waals surface area (Å²) in [6.07, 6.45) is 5.59. The molecule has 1 saturated heterocycles. The fourth-order valence-electron chi connectivity index (χ4n) is 2.66. The molecule has 100 valence electrons. The van der Waals surface area contributed by atoms with Crippen LogP contribution < -0.4 is 5.32 Å². The van der Waals surface area contributed by atoms with Crippen molar-refractivity contribution >= 4 is 0 Å². The summed E-state index contributed by atoms with van der Waals surface area (Å²) in [6, 6.07) is 8.60. The van der Waals surface area contributed by atoms with Crippen molar-refractivity contribution in [3.63, 3.8) is 0 Å². The molecule has 1 N–H and O–H groups in total. The van der Waals surface area contributed by atoms with E-state index in [1.807, 2.05) is 6.92 Å². The van der Waals surface area contributed by atoms with Crippen LogP contribution in [-0.4, -0.2) is 28.1 Å². The van der Waals surface area contributed by atoms with Crippen molar-refractivity contribution in [2.24, 2.45) is 5.92 Å². The summed E-state index contributed by atoms with van der Waals surface area (Å²) in [5, 5.41) is 12.0. The quantitative estimate of drug-likeness (QED) is 0.914. The standard InChI is InChI=1S/C15H20N4/c1-12-10-17-19(18-12)15-6-4-13(5-7-15)9-14-3-2-8-16-11-14/h4-7,10,14,16H,2-3,8-9,11H2,1H3. The molecule has 2 aromatic rings. The van der Waals surface area contributed by atoms with Gasteiger partial charge in [0.25, 0.3) is 0 Å². The van der Waals surface area contributed by atoms with Crippen molar-refractivity contribution in [2.75, 3.05) is 13.1 Å². The molecule has 1 aliphatic rings. The summed E-state index contributed by atoms with van der Waals surface area (Å²) < 4.78 is 0. The van der Waals surface area contributed by atoms with E-state index in [1.54, 1.807) is 11.0 Å². The topological polar surface area (TPSA) is 42.7 Å². The highest BCUT2D eigenvalue weighted by Crippen LogP contribution is 2.17. The Kier molecular flexibility index (Phi) is 3.60. The van der Waals surface area contributed by atoms with Crippen LogP contribution in [0.25, 0.3) is 5.69 Å². The van der Waals surface area contributed by atoms with Crippen LogP contribution in [0.3, 0.4) is 0 Å². The lowest BCUT2D eigenvalue weighted by Gasteiger charge is -2.22. The molecule has 4 heteroatoms. The number of hydrogen-bond donors (Lipinski definition) is 1. The number of hydrogen-bond acceptors (Lipinski definition) is 3. The molecule has 1 aromatic heterocycles. The van der Waals surface area contributed by atoms with E-state index < -0.39 is 0 Å². The van der Waals surface area contributed by atoms with Gasteiger partial charge < -0.3 is 5.32 Å². The Hall–Kier alpha value is -1.68. The summed E-state index contributed by atoms with van der Waals surface area (Å²) in [7, 11) is 0. The zero-order valence-corrected chi connectivity index (χ0v) is 11.3. The van der Waals surface area contributed by atoms with Crippen LogP contribution in [-0.2, 0) is 6.42 Å². The van der Waals surface area contributed by atoms with Crippen LogP contribution in [0, 0.1) is 12.8 Å². The molecule has 0 saturated carbocycles. The highest BCUT2D eigenvalue weighted by molar-refractivity contribution is 5.33. The van der Waals surface area contributed by atoms with Crippen LogP contribution in [0.1, 0.15) is 24.1 Å². The highest BCUT2D eigenvalue weighted by atomic mass is 15.5. The minimum atomic E-state index is 0.782. The number of piperidine rings is 1. The lowest BCUT2D eigenvalue weighted by atomic mass is 9.92. The monoisotopic (exact) mass is 256 g/mol. The molecule has 0 bridgehead atoms. The van der Waals surface area contributed by atoms with Gasteiger partial charge >= 0.3 is 0 Å². The van der Waals surface area contributed by atoms with Crippen molar-refractivity contribution in [3.8, 4) is 5.69 Å². The Morgan fingerprint density at radius 2 is 2.16 bits per heavy atom. The van der Waals surface area contributed by atoms with Crippen LogP contribution in [0.2, 0.25) is 0 Å². The maximum absolute atomic E-state index is 4.32.